The normalized spacial score (nSPS) is 14.0. The maximum Gasteiger partial charge on any atom is 0.257 e. The lowest BCUT2D eigenvalue weighted by Gasteiger charge is -2.35. The Morgan fingerprint density at radius 2 is 1.59 bits per heavy atom. The molecule has 0 saturated carbocycles. The lowest BCUT2D eigenvalue weighted by atomic mass is 10.1. The number of phenolic OH excluding ortho intramolecular Hbond substituents is 1. The van der Waals surface area contributed by atoms with Gasteiger partial charge in [-0.25, -0.2) is 4.68 Å². The van der Waals surface area contributed by atoms with Crippen LogP contribution in [0.2, 0.25) is 5.02 Å². The van der Waals surface area contributed by atoms with Crippen molar-refractivity contribution in [2.24, 2.45) is 0 Å². The topological polar surface area (TPSA) is 78.7 Å². The molecule has 8 heteroatoms. The highest BCUT2D eigenvalue weighted by Crippen LogP contribution is 2.22. The number of amides is 2. The molecule has 0 spiro atoms. The molecule has 0 radical (unpaired) electrons. The van der Waals surface area contributed by atoms with Crippen molar-refractivity contribution in [3.05, 3.63) is 76.1 Å². The summed E-state index contributed by atoms with van der Waals surface area (Å²) in [6, 6.07) is 13.9. The van der Waals surface area contributed by atoms with E-state index < -0.39 is 0 Å². The van der Waals surface area contributed by atoms with Crippen LogP contribution >= 0.6 is 11.6 Å². The average Bonchev–Trinajstić information content (AvgIpc) is 3.08. The third kappa shape index (κ3) is 4.34. The van der Waals surface area contributed by atoms with Gasteiger partial charge in [0.05, 0.1) is 23.4 Å². The maximum atomic E-state index is 13.0. The van der Waals surface area contributed by atoms with Crippen LogP contribution in [0.5, 0.6) is 5.75 Å². The summed E-state index contributed by atoms with van der Waals surface area (Å²) in [5, 5.41) is 15.2. The van der Waals surface area contributed by atoms with Crippen molar-refractivity contribution in [1.82, 2.24) is 19.6 Å². The van der Waals surface area contributed by atoms with E-state index >= 15 is 0 Å². The first-order valence-electron chi connectivity index (χ1n) is 10.5. The second kappa shape index (κ2) is 9.04. The number of para-hydroxylation sites is 1. The second-order valence-electron chi connectivity index (χ2n) is 7.90. The molecule has 3 aromatic rings. The van der Waals surface area contributed by atoms with E-state index in [-0.39, 0.29) is 29.5 Å². The molecule has 0 atom stereocenters. The Kier molecular flexibility index (Phi) is 6.19. The first-order valence-corrected chi connectivity index (χ1v) is 10.9. The lowest BCUT2D eigenvalue weighted by molar-refractivity contribution is -0.131. The van der Waals surface area contributed by atoms with Crippen molar-refractivity contribution in [3.63, 3.8) is 0 Å². The molecule has 1 aromatic heterocycles. The third-order valence-electron chi connectivity index (χ3n) is 5.89. The summed E-state index contributed by atoms with van der Waals surface area (Å²) in [7, 11) is 0. The van der Waals surface area contributed by atoms with Crippen LogP contribution in [-0.4, -0.2) is 62.7 Å². The summed E-state index contributed by atoms with van der Waals surface area (Å²) in [6.07, 6.45) is 0.263. The predicted octanol–water partition coefficient (Wildman–Crippen LogP) is 3.38. The van der Waals surface area contributed by atoms with Gasteiger partial charge < -0.3 is 14.9 Å². The largest absolute Gasteiger partial charge is 0.507 e. The zero-order chi connectivity index (χ0) is 22.8. The fraction of sp³-hybridized carbons (Fsp3) is 0.292. The smallest absolute Gasteiger partial charge is 0.257 e. The molecule has 4 rings (SSSR count). The molecule has 0 bridgehead atoms. The Labute approximate surface area is 191 Å². The molecule has 166 valence electrons. The monoisotopic (exact) mass is 452 g/mol. The van der Waals surface area contributed by atoms with Crippen molar-refractivity contribution in [3.8, 4) is 11.4 Å². The van der Waals surface area contributed by atoms with Crippen molar-refractivity contribution in [2.75, 3.05) is 26.2 Å². The highest BCUT2D eigenvalue weighted by molar-refractivity contribution is 6.30. The molecule has 2 amide bonds. The van der Waals surface area contributed by atoms with Crippen LogP contribution in [0.25, 0.3) is 5.69 Å². The maximum absolute atomic E-state index is 13.0. The van der Waals surface area contributed by atoms with Gasteiger partial charge in [0.2, 0.25) is 5.91 Å². The number of hydrogen-bond acceptors (Lipinski definition) is 4. The Bertz CT molecular complexity index is 1150. The SMILES string of the molecule is Cc1nn(-c2ccc(Cl)cc2)c(C)c1CC(=O)N1CCN(C(=O)c2ccccc2O)CC1. The molecule has 1 saturated heterocycles. The van der Waals surface area contributed by atoms with Gasteiger partial charge in [0.1, 0.15) is 5.75 Å². The van der Waals surface area contributed by atoms with Gasteiger partial charge in [0.25, 0.3) is 5.91 Å². The minimum absolute atomic E-state index is 0.0153. The molecular weight excluding hydrogens is 428 g/mol. The Morgan fingerprint density at radius 1 is 0.969 bits per heavy atom. The Balaban J connectivity index is 1.41. The number of nitrogens with zero attached hydrogens (tertiary/aromatic N) is 4. The Morgan fingerprint density at radius 3 is 2.25 bits per heavy atom. The number of hydrogen-bond donors (Lipinski definition) is 1. The van der Waals surface area contributed by atoms with Crippen LogP contribution in [0.1, 0.15) is 27.3 Å². The molecule has 1 N–H and O–H groups in total. The van der Waals surface area contributed by atoms with E-state index in [0.29, 0.717) is 31.2 Å². The standard InChI is InChI=1S/C24H25ClN4O3/c1-16-21(17(2)29(26-16)19-9-7-18(25)8-10-19)15-23(31)27-11-13-28(14-12-27)24(32)20-5-3-4-6-22(20)30/h3-10,30H,11-15H2,1-2H3. The van der Waals surface area contributed by atoms with Gasteiger partial charge in [-0.2, -0.15) is 5.10 Å². The zero-order valence-corrected chi connectivity index (χ0v) is 18.8. The first kappa shape index (κ1) is 21.9. The van der Waals surface area contributed by atoms with E-state index in [4.69, 9.17) is 11.6 Å². The number of phenols is 1. The highest BCUT2D eigenvalue weighted by atomic mass is 35.5. The number of benzene rings is 2. The number of aromatic nitrogens is 2. The van der Waals surface area contributed by atoms with Gasteiger partial charge in [-0.15, -0.1) is 0 Å². The Hall–Kier alpha value is -3.32. The molecule has 32 heavy (non-hydrogen) atoms. The molecular formula is C24H25ClN4O3. The number of aromatic hydroxyl groups is 1. The van der Waals surface area contributed by atoms with Crippen LogP contribution in [0.15, 0.2) is 48.5 Å². The molecule has 1 aliphatic heterocycles. The van der Waals surface area contributed by atoms with Gasteiger partial charge in [0.15, 0.2) is 0 Å². The van der Waals surface area contributed by atoms with Gasteiger partial charge in [-0.05, 0) is 50.2 Å². The molecule has 2 heterocycles. The molecule has 7 nitrogen and oxygen atoms in total. The van der Waals surface area contributed by atoms with E-state index in [9.17, 15) is 14.7 Å². The number of piperazine rings is 1. The van der Waals surface area contributed by atoms with Crippen LogP contribution in [0.3, 0.4) is 0 Å². The quantitative estimate of drug-likeness (QED) is 0.658. The number of carbonyl (C=O) groups is 2. The third-order valence-corrected chi connectivity index (χ3v) is 6.15. The van der Waals surface area contributed by atoms with Gasteiger partial charge in [-0.3, -0.25) is 9.59 Å². The summed E-state index contributed by atoms with van der Waals surface area (Å²) in [5.41, 5.74) is 3.83. The van der Waals surface area contributed by atoms with Crippen molar-refractivity contribution in [1.29, 1.82) is 0 Å². The van der Waals surface area contributed by atoms with Gasteiger partial charge in [-0.1, -0.05) is 23.7 Å². The highest BCUT2D eigenvalue weighted by Gasteiger charge is 2.27. The number of aryl methyl sites for hydroxylation is 1. The van der Waals surface area contributed by atoms with E-state index in [1.165, 1.54) is 6.07 Å². The molecule has 2 aromatic carbocycles. The summed E-state index contributed by atoms with van der Waals surface area (Å²) >= 11 is 5.99. The van der Waals surface area contributed by atoms with Crippen LogP contribution < -0.4 is 0 Å². The summed E-state index contributed by atoms with van der Waals surface area (Å²) < 4.78 is 1.83. The lowest BCUT2D eigenvalue weighted by Crippen LogP contribution is -2.51. The molecule has 1 fully saturated rings. The summed E-state index contributed by atoms with van der Waals surface area (Å²) in [5.74, 6) is -0.229. The molecule has 0 unspecified atom stereocenters. The van der Waals surface area contributed by atoms with E-state index in [0.717, 1.165) is 22.6 Å². The molecule has 1 aliphatic rings. The van der Waals surface area contributed by atoms with E-state index in [1.54, 1.807) is 28.0 Å². The fourth-order valence-corrected chi connectivity index (χ4v) is 4.14. The minimum Gasteiger partial charge on any atom is -0.507 e. The first-order chi connectivity index (χ1) is 15.3. The predicted molar refractivity (Wildman–Crippen MR) is 122 cm³/mol. The minimum atomic E-state index is -0.217. The fourth-order valence-electron chi connectivity index (χ4n) is 4.01. The zero-order valence-electron chi connectivity index (χ0n) is 18.1. The van der Waals surface area contributed by atoms with Gasteiger partial charge in [0, 0.05) is 42.5 Å². The van der Waals surface area contributed by atoms with Crippen LogP contribution in [0.4, 0.5) is 0 Å². The number of halogens is 1. The average molecular weight is 453 g/mol. The van der Waals surface area contributed by atoms with Crippen molar-refractivity contribution >= 4 is 23.4 Å². The van der Waals surface area contributed by atoms with Crippen LogP contribution in [0, 0.1) is 13.8 Å². The van der Waals surface area contributed by atoms with E-state index in [2.05, 4.69) is 5.10 Å². The summed E-state index contributed by atoms with van der Waals surface area (Å²) in [6.45, 7) is 5.65. The van der Waals surface area contributed by atoms with Crippen LogP contribution in [-0.2, 0) is 11.2 Å². The van der Waals surface area contributed by atoms with Crippen molar-refractivity contribution < 1.29 is 14.7 Å². The number of rotatable bonds is 4. The second-order valence-corrected chi connectivity index (χ2v) is 8.34. The number of carbonyl (C=O) groups excluding carboxylic acids is 2. The van der Waals surface area contributed by atoms with E-state index in [1.807, 2.05) is 42.8 Å². The molecule has 0 aliphatic carbocycles. The summed E-state index contributed by atoms with van der Waals surface area (Å²) in [4.78, 5) is 29.1. The van der Waals surface area contributed by atoms with Gasteiger partial charge >= 0.3 is 0 Å². The van der Waals surface area contributed by atoms with Crippen molar-refractivity contribution in [2.45, 2.75) is 20.3 Å².